The van der Waals surface area contributed by atoms with E-state index in [1.807, 2.05) is 121 Å². The van der Waals surface area contributed by atoms with Crippen molar-refractivity contribution >= 4 is 0 Å². The number of hydrogen-bond acceptors (Lipinski definition) is 3. The third kappa shape index (κ3) is 11.6. The SMILES string of the molecule is [2H]C([2H])(c1cccnc1)C([2H])([2H])c1cc(-c2ccccc2-c2cnc(-c3[c-]cccc3)cc2-c2ccc(-c3ccccc3)cc2)cc(C([2H])([2H])C([2H])([2H])c2cccnc2)c1.[Ir+3].[c-]1ccccc1-c1[c-]cccc1. The standard InChI is InChI=1S/C49H38N3.C12H8.Ir/c1-3-13-40(14-4-1)41-23-25-42(26-24-41)47-32-49(43-15-5-2-6-16-43)52-35-48(47)46-18-8-7-17-45(46)44-30-38(21-19-36-11-9-27-50-33-36)29-39(31-44)22-20-37-12-10-28-51-34-37;1-3-7-11(8-4-1)12-9-5-2-6-10-12;/h1-15,17-18,23-35H,19-22H2;1-7,9H;/q-1;-2;+3/i19D2,20D2,21D2,22D2;;. The van der Waals surface area contributed by atoms with Crippen LogP contribution in [0.2, 0.25) is 0 Å². The molecule has 7 aromatic carbocycles. The van der Waals surface area contributed by atoms with Gasteiger partial charge >= 0.3 is 20.1 Å². The summed E-state index contributed by atoms with van der Waals surface area (Å²) in [7, 11) is 0. The summed E-state index contributed by atoms with van der Waals surface area (Å²) < 4.78 is 73.8. The van der Waals surface area contributed by atoms with E-state index in [1.54, 1.807) is 6.20 Å². The number of rotatable bonds is 12. The molecule has 0 radical (unpaired) electrons. The second-order valence-corrected chi connectivity index (χ2v) is 14.7. The second kappa shape index (κ2) is 22.3. The Kier molecular flexibility index (Phi) is 12.0. The monoisotopic (exact) mass is 1020 g/mol. The van der Waals surface area contributed by atoms with Gasteiger partial charge in [-0.15, -0.1) is 48.0 Å². The molecule has 0 unspecified atom stereocenters. The first-order chi connectivity index (χ1) is 34.8. The van der Waals surface area contributed by atoms with E-state index >= 15 is 0 Å². The Morgan fingerprint density at radius 2 is 0.846 bits per heavy atom. The molecule has 0 fully saturated rings. The molecule has 0 amide bonds. The number of aromatic nitrogens is 3. The van der Waals surface area contributed by atoms with Gasteiger partial charge in [-0.2, -0.15) is 48.5 Å². The van der Waals surface area contributed by atoms with Gasteiger partial charge in [-0.25, -0.2) is 11.1 Å². The number of hydrogen-bond donors (Lipinski definition) is 0. The minimum Gasteiger partial charge on any atom is -0.304 e. The van der Waals surface area contributed by atoms with Gasteiger partial charge in [0.05, 0.1) is 0 Å². The van der Waals surface area contributed by atoms with Crippen molar-refractivity contribution in [3.05, 3.63) is 272 Å². The summed E-state index contributed by atoms with van der Waals surface area (Å²) in [6.07, 6.45) is -3.44. The molecule has 0 aliphatic carbocycles. The van der Waals surface area contributed by atoms with Gasteiger partial charge < -0.3 is 4.98 Å². The van der Waals surface area contributed by atoms with Crippen molar-refractivity contribution in [1.29, 1.82) is 0 Å². The molecule has 0 saturated heterocycles. The van der Waals surface area contributed by atoms with Crippen LogP contribution in [0, 0.1) is 18.2 Å². The van der Waals surface area contributed by atoms with Gasteiger partial charge in [0.25, 0.3) is 0 Å². The van der Waals surface area contributed by atoms with Crippen molar-refractivity contribution in [2.24, 2.45) is 0 Å². The van der Waals surface area contributed by atoms with Gasteiger partial charge in [0.2, 0.25) is 0 Å². The van der Waals surface area contributed by atoms with Gasteiger partial charge in [0, 0.05) is 47.5 Å². The number of nitrogens with zero attached hydrogens (tertiary/aromatic N) is 3. The van der Waals surface area contributed by atoms with Crippen LogP contribution in [0.3, 0.4) is 0 Å². The summed E-state index contributed by atoms with van der Waals surface area (Å²) >= 11 is 0. The van der Waals surface area contributed by atoms with Crippen molar-refractivity contribution in [2.75, 3.05) is 0 Å². The van der Waals surface area contributed by atoms with E-state index < -0.39 is 25.5 Å². The minimum atomic E-state index is -2.74. The molecule has 0 atom stereocenters. The van der Waals surface area contributed by atoms with Crippen molar-refractivity contribution in [2.45, 2.75) is 25.5 Å². The maximum atomic E-state index is 9.36. The van der Waals surface area contributed by atoms with E-state index in [1.165, 1.54) is 67.3 Å². The summed E-state index contributed by atoms with van der Waals surface area (Å²) in [6, 6.07) is 71.2. The fourth-order valence-corrected chi connectivity index (χ4v) is 7.26. The Hall–Kier alpha value is -7.36. The van der Waals surface area contributed by atoms with Crippen LogP contribution in [-0.4, -0.2) is 15.0 Å². The summed E-state index contributed by atoms with van der Waals surface area (Å²) in [5, 5.41) is 0. The van der Waals surface area contributed by atoms with Crippen LogP contribution in [0.4, 0.5) is 0 Å². The number of pyridine rings is 3. The molecule has 3 nitrogen and oxygen atoms in total. The Labute approximate surface area is 408 Å². The number of aryl methyl sites for hydroxylation is 4. The van der Waals surface area contributed by atoms with E-state index in [0.29, 0.717) is 22.4 Å². The topological polar surface area (TPSA) is 38.7 Å². The molecule has 0 N–H and O–H groups in total. The van der Waals surface area contributed by atoms with E-state index in [0.717, 1.165) is 44.5 Å². The Bertz CT molecular complexity index is 3270. The zero-order valence-corrected chi connectivity index (χ0v) is 37.5. The first-order valence-corrected chi connectivity index (χ1v) is 20.9. The smallest absolute Gasteiger partial charge is 0.304 e. The fourth-order valence-electron chi connectivity index (χ4n) is 7.26. The van der Waals surface area contributed by atoms with E-state index in [-0.39, 0.29) is 42.4 Å². The molecule has 4 heteroatoms. The molecule has 3 heterocycles. The van der Waals surface area contributed by atoms with Crippen molar-refractivity contribution < 1.29 is 31.1 Å². The maximum absolute atomic E-state index is 9.36. The molecule has 65 heavy (non-hydrogen) atoms. The molecule has 314 valence electrons. The van der Waals surface area contributed by atoms with Crippen LogP contribution in [0.15, 0.2) is 231 Å². The molecule has 0 bridgehead atoms. The minimum absolute atomic E-state index is 0. The van der Waals surface area contributed by atoms with E-state index in [9.17, 15) is 5.48 Å². The summed E-state index contributed by atoms with van der Waals surface area (Å²) in [5.41, 5.74) is 9.66. The second-order valence-electron chi connectivity index (χ2n) is 14.7. The fraction of sp³-hybridized carbons (Fsp3) is 0.0656. The molecule has 0 spiro atoms. The van der Waals surface area contributed by atoms with Crippen LogP contribution < -0.4 is 0 Å². The average Bonchev–Trinajstić information content (AvgIpc) is 3.44. The zero-order valence-electron chi connectivity index (χ0n) is 43.1. The quantitative estimate of drug-likeness (QED) is 0.114. The van der Waals surface area contributed by atoms with Crippen LogP contribution in [0.25, 0.3) is 66.9 Å². The van der Waals surface area contributed by atoms with Crippen molar-refractivity contribution in [1.82, 2.24) is 15.0 Å². The molecule has 0 aliphatic rings. The van der Waals surface area contributed by atoms with E-state index in [2.05, 4.69) is 64.6 Å². The van der Waals surface area contributed by atoms with E-state index in [4.69, 9.17) is 10.5 Å². The van der Waals surface area contributed by atoms with Crippen LogP contribution in [0.5, 0.6) is 0 Å². The largest absolute Gasteiger partial charge is 3.00 e. The van der Waals surface area contributed by atoms with Gasteiger partial charge in [-0.1, -0.05) is 115 Å². The molecule has 10 aromatic rings. The molecular weight excluding hydrogens is 967 g/mol. The van der Waals surface area contributed by atoms with Gasteiger partial charge in [-0.05, 0) is 105 Å². The summed E-state index contributed by atoms with van der Waals surface area (Å²) in [4.78, 5) is 13.0. The van der Waals surface area contributed by atoms with Crippen molar-refractivity contribution in [3.8, 4) is 66.9 Å². The molecule has 0 aliphatic heterocycles. The first-order valence-electron chi connectivity index (χ1n) is 24.9. The Morgan fingerprint density at radius 3 is 1.38 bits per heavy atom. The predicted molar refractivity (Wildman–Crippen MR) is 263 cm³/mol. The van der Waals surface area contributed by atoms with Gasteiger partial charge in [0.1, 0.15) is 0 Å². The van der Waals surface area contributed by atoms with Crippen LogP contribution in [-0.2, 0) is 45.6 Å². The Morgan fingerprint density at radius 1 is 0.354 bits per heavy atom. The zero-order chi connectivity index (χ0) is 50.4. The molecule has 10 rings (SSSR count). The summed E-state index contributed by atoms with van der Waals surface area (Å²) in [5.74, 6) is 0. The van der Waals surface area contributed by atoms with Crippen molar-refractivity contribution in [3.63, 3.8) is 0 Å². The van der Waals surface area contributed by atoms with Gasteiger partial charge in [-0.3, -0.25) is 9.97 Å². The molecule has 0 saturated carbocycles. The van der Waals surface area contributed by atoms with Gasteiger partial charge in [0.15, 0.2) is 0 Å². The third-order valence-corrected chi connectivity index (χ3v) is 10.4. The van der Waals surface area contributed by atoms with Crippen LogP contribution >= 0.6 is 0 Å². The normalized spacial score (nSPS) is 13.3. The summed E-state index contributed by atoms with van der Waals surface area (Å²) in [6.45, 7) is 0. The number of benzene rings is 7. The van der Waals surface area contributed by atoms with Crippen LogP contribution in [0.1, 0.15) is 33.2 Å². The molecular formula is C61H46IrN3. The predicted octanol–water partition coefficient (Wildman–Crippen LogP) is 14.5. The Balaban J connectivity index is 0.000000477. The average molecular weight is 1020 g/mol. The molecule has 3 aromatic heterocycles. The maximum Gasteiger partial charge on any atom is 3.00 e. The third-order valence-electron chi connectivity index (χ3n) is 10.4. The first kappa shape index (κ1) is 35.0.